The Morgan fingerprint density at radius 1 is 1.32 bits per heavy atom. The lowest BCUT2D eigenvalue weighted by atomic mass is 10.1. The first-order valence-electron chi connectivity index (χ1n) is 5.97. The number of nitrogens with one attached hydrogen (secondary N) is 2. The molecule has 0 bridgehead atoms. The van der Waals surface area contributed by atoms with E-state index in [0.29, 0.717) is 6.54 Å². The van der Waals surface area contributed by atoms with Crippen molar-refractivity contribution < 1.29 is 13.2 Å². The van der Waals surface area contributed by atoms with Crippen molar-refractivity contribution in [1.29, 1.82) is 0 Å². The van der Waals surface area contributed by atoms with Crippen LogP contribution in [-0.2, 0) is 14.8 Å². The first kappa shape index (κ1) is 15.6. The van der Waals surface area contributed by atoms with Gasteiger partial charge < -0.3 is 10.6 Å². The minimum Gasteiger partial charge on any atom is -0.355 e. The highest BCUT2D eigenvalue weighted by atomic mass is 32.2. The molecule has 0 aliphatic heterocycles. The van der Waals surface area contributed by atoms with Crippen LogP contribution in [0, 0.1) is 0 Å². The number of likely N-dealkylation sites (N-methyl/N-ethyl adjacent to an activating group) is 1. The summed E-state index contributed by atoms with van der Waals surface area (Å²) in [6, 6.07) is 6.20. The Morgan fingerprint density at radius 3 is 2.37 bits per heavy atom. The predicted molar refractivity (Wildman–Crippen MR) is 72.9 cm³/mol. The Morgan fingerprint density at radius 2 is 1.89 bits per heavy atom. The number of benzene rings is 1. The van der Waals surface area contributed by atoms with Crippen molar-refractivity contribution in [3.63, 3.8) is 0 Å². The normalized spacial score (nSPS) is 13.0. The molecule has 1 aromatic carbocycles. The van der Waals surface area contributed by atoms with Crippen LogP contribution in [0.3, 0.4) is 0 Å². The molecule has 0 saturated heterocycles. The molecule has 0 saturated carbocycles. The maximum absolute atomic E-state index is 11.3. The van der Waals surface area contributed by atoms with Crippen molar-refractivity contribution >= 4 is 15.9 Å². The molecule has 0 heterocycles. The van der Waals surface area contributed by atoms with E-state index < -0.39 is 10.0 Å². The topological polar surface area (TPSA) is 101 Å². The Labute approximate surface area is 113 Å². The van der Waals surface area contributed by atoms with Crippen LogP contribution < -0.4 is 15.8 Å². The summed E-state index contributed by atoms with van der Waals surface area (Å²) in [5.41, 5.74) is 0.886. The quantitative estimate of drug-likeness (QED) is 0.691. The molecule has 4 N–H and O–H groups in total. The fourth-order valence-electron chi connectivity index (χ4n) is 1.57. The third kappa shape index (κ3) is 4.98. The minimum atomic E-state index is -3.66. The fraction of sp³-hybridized carbons (Fsp3) is 0.417. The zero-order chi connectivity index (χ0) is 14.5. The highest BCUT2D eigenvalue weighted by Gasteiger charge is 2.10. The number of hydrogen-bond donors (Lipinski definition) is 3. The summed E-state index contributed by atoms with van der Waals surface area (Å²) in [6.45, 7) is 4.56. The van der Waals surface area contributed by atoms with Gasteiger partial charge in [0.2, 0.25) is 15.9 Å². The molecule has 1 unspecified atom stereocenters. The zero-order valence-electron chi connectivity index (χ0n) is 11.0. The molecular formula is C12H19N3O3S. The third-order valence-corrected chi connectivity index (χ3v) is 3.58. The average Bonchev–Trinajstić information content (AvgIpc) is 2.35. The highest BCUT2D eigenvalue weighted by molar-refractivity contribution is 7.89. The van der Waals surface area contributed by atoms with Crippen molar-refractivity contribution in [2.75, 3.05) is 13.1 Å². The summed E-state index contributed by atoms with van der Waals surface area (Å²) in [4.78, 5) is 11.4. The fourth-order valence-corrected chi connectivity index (χ4v) is 2.08. The zero-order valence-corrected chi connectivity index (χ0v) is 11.8. The smallest absolute Gasteiger partial charge is 0.238 e. The number of primary sulfonamides is 1. The largest absolute Gasteiger partial charge is 0.355 e. The van der Waals surface area contributed by atoms with E-state index in [1.807, 2.05) is 13.8 Å². The molecule has 6 nitrogen and oxygen atoms in total. The van der Waals surface area contributed by atoms with Crippen LogP contribution in [0.15, 0.2) is 29.2 Å². The van der Waals surface area contributed by atoms with Crippen molar-refractivity contribution in [1.82, 2.24) is 10.6 Å². The van der Waals surface area contributed by atoms with Gasteiger partial charge in [-0.2, -0.15) is 0 Å². The van der Waals surface area contributed by atoms with E-state index in [4.69, 9.17) is 5.14 Å². The maximum Gasteiger partial charge on any atom is 0.238 e. The summed E-state index contributed by atoms with van der Waals surface area (Å²) >= 11 is 0. The number of carbonyl (C=O) groups is 1. The number of rotatable bonds is 6. The van der Waals surface area contributed by atoms with Gasteiger partial charge in [0, 0.05) is 12.6 Å². The second kappa shape index (κ2) is 6.65. The standard InChI is InChI=1S/C12H19N3O3S/c1-3-14-12(16)8-15-9(2)10-4-6-11(7-5-10)19(13,17)18/h4-7,9,15H,3,8H2,1-2H3,(H,14,16)(H2,13,17,18). The highest BCUT2D eigenvalue weighted by Crippen LogP contribution is 2.15. The lowest BCUT2D eigenvalue weighted by Crippen LogP contribution is -2.34. The van der Waals surface area contributed by atoms with Crippen LogP contribution in [0.25, 0.3) is 0 Å². The Bertz CT molecular complexity index is 526. The minimum absolute atomic E-state index is 0.0582. The summed E-state index contributed by atoms with van der Waals surface area (Å²) in [6.07, 6.45) is 0. The summed E-state index contributed by atoms with van der Waals surface area (Å²) in [5, 5.41) is 10.8. The number of carbonyl (C=O) groups excluding carboxylic acids is 1. The van der Waals surface area contributed by atoms with E-state index in [2.05, 4.69) is 10.6 Å². The van der Waals surface area contributed by atoms with Crippen LogP contribution >= 0.6 is 0 Å². The number of sulfonamides is 1. The number of nitrogens with two attached hydrogens (primary N) is 1. The maximum atomic E-state index is 11.3. The predicted octanol–water partition coefficient (Wildman–Crippen LogP) is 0.121. The van der Waals surface area contributed by atoms with Crippen LogP contribution in [0.4, 0.5) is 0 Å². The molecule has 106 valence electrons. The number of amides is 1. The van der Waals surface area contributed by atoms with E-state index in [1.54, 1.807) is 12.1 Å². The molecule has 1 rings (SSSR count). The molecule has 0 fully saturated rings. The third-order valence-electron chi connectivity index (χ3n) is 2.65. The van der Waals surface area contributed by atoms with E-state index in [-0.39, 0.29) is 23.4 Å². The molecule has 0 aromatic heterocycles. The molecule has 7 heteroatoms. The summed E-state index contributed by atoms with van der Waals surface area (Å²) < 4.78 is 22.2. The van der Waals surface area contributed by atoms with Gasteiger partial charge in [0.25, 0.3) is 0 Å². The van der Waals surface area contributed by atoms with Crippen LogP contribution in [0.5, 0.6) is 0 Å². The van der Waals surface area contributed by atoms with E-state index in [0.717, 1.165) is 5.56 Å². The molecular weight excluding hydrogens is 266 g/mol. The van der Waals surface area contributed by atoms with Gasteiger partial charge in [-0.15, -0.1) is 0 Å². The second-order valence-corrected chi connectivity index (χ2v) is 5.73. The van der Waals surface area contributed by atoms with Crippen LogP contribution in [0.1, 0.15) is 25.5 Å². The van der Waals surface area contributed by atoms with E-state index in [1.165, 1.54) is 12.1 Å². The van der Waals surface area contributed by atoms with Gasteiger partial charge in [-0.3, -0.25) is 4.79 Å². The van der Waals surface area contributed by atoms with Crippen molar-refractivity contribution in [2.45, 2.75) is 24.8 Å². The van der Waals surface area contributed by atoms with Gasteiger partial charge >= 0.3 is 0 Å². The molecule has 19 heavy (non-hydrogen) atoms. The monoisotopic (exact) mass is 285 g/mol. The molecule has 0 aliphatic carbocycles. The molecule has 1 aromatic rings. The Kier molecular flexibility index (Phi) is 5.46. The number of hydrogen-bond acceptors (Lipinski definition) is 4. The van der Waals surface area contributed by atoms with Crippen molar-refractivity contribution in [3.8, 4) is 0 Å². The van der Waals surface area contributed by atoms with E-state index >= 15 is 0 Å². The average molecular weight is 285 g/mol. The van der Waals surface area contributed by atoms with Crippen molar-refractivity contribution in [2.24, 2.45) is 5.14 Å². The van der Waals surface area contributed by atoms with Gasteiger partial charge in [-0.25, -0.2) is 13.6 Å². The Hall–Kier alpha value is -1.44. The van der Waals surface area contributed by atoms with Gasteiger partial charge in [0.05, 0.1) is 11.4 Å². The second-order valence-electron chi connectivity index (χ2n) is 4.17. The molecule has 0 aliphatic rings. The summed E-state index contributed by atoms with van der Waals surface area (Å²) in [7, 11) is -3.66. The first-order valence-corrected chi connectivity index (χ1v) is 7.52. The van der Waals surface area contributed by atoms with Gasteiger partial charge in [-0.05, 0) is 31.5 Å². The van der Waals surface area contributed by atoms with Gasteiger partial charge in [0.1, 0.15) is 0 Å². The van der Waals surface area contributed by atoms with Gasteiger partial charge in [-0.1, -0.05) is 12.1 Å². The van der Waals surface area contributed by atoms with Crippen LogP contribution in [0.2, 0.25) is 0 Å². The molecule has 1 amide bonds. The molecule has 0 spiro atoms. The first-order chi connectivity index (χ1) is 8.84. The Balaban J connectivity index is 2.63. The molecule has 0 radical (unpaired) electrons. The van der Waals surface area contributed by atoms with Crippen molar-refractivity contribution in [3.05, 3.63) is 29.8 Å². The molecule has 1 atom stereocenters. The SMILES string of the molecule is CCNC(=O)CNC(C)c1ccc(S(N)(=O)=O)cc1. The lowest BCUT2D eigenvalue weighted by molar-refractivity contribution is -0.120. The van der Waals surface area contributed by atoms with E-state index in [9.17, 15) is 13.2 Å². The summed E-state index contributed by atoms with van der Waals surface area (Å²) in [5.74, 6) is -0.0736. The van der Waals surface area contributed by atoms with Crippen LogP contribution in [-0.4, -0.2) is 27.4 Å². The lowest BCUT2D eigenvalue weighted by Gasteiger charge is -2.14. The van der Waals surface area contributed by atoms with Gasteiger partial charge in [0.15, 0.2) is 0 Å².